The Morgan fingerprint density at radius 3 is 2.71 bits per heavy atom. The molecule has 3 aliphatic rings. The van der Waals surface area contributed by atoms with Gasteiger partial charge in [0, 0.05) is 78.5 Å². The first-order chi connectivity index (χ1) is 25.1. The predicted octanol–water partition coefficient (Wildman–Crippen LogP) is 5.59. The van der Waals surface area contributed by atoms with Crippen LogP contribution in [0.2, 0.25) is 5.02 Å². The number of morpholine rings is 1. The lowest BCUT2D eigenvalue weighted by Crippen LogP contribution is -2.43. The van der Waals surface area contributed by atoms with Crippen LogP contribution in [0.4, 0.5) is 10.1 Å². The van der Waals surface area contributed by atoms with Crippen molar-refractivity contribution in [2.45, 2.75) is 45.1 Å². The first kappa shape index (κ1) is 36.5. The van der Waals surface area contributed by atoms with E-state index in [0.717, 1.165) is 51.9 Å². The molecule has 1 fully saturated rings. The molecule has 3 aliphatic heterocycles. The van der Waals surface area contributed by atoms with E-state index in [1.165, 1.54) is 16.4 Å². The summed E-state index contributed by atoms with van der Waals surface area (Å²) in [4.78, 5) is 15.4. The Labute approximate surface area is 308 Å². The average molecular weight is 753 g/mol. The monoisotopic (exact) mass is 752 g/mol. The number of aryl methyl sites for hydroxylation is 1. The highest BCUT2D eigenvalue weighted by Crippen LogP contribution is 2.49. The van der Waals surface area contributed by atoms with Gasteiger partial charge in [0.2, 0.25) is 15.7 Å². The molecule has 1 saturated heterocycles. The molecule has 7 rings (SSSR count). The quantitative estimate of drug-likeness (QED) is 0.165. The first-order valence-electron chi connectivity index (χ1n) is 17.9. The fourth-order valence-electron chi connectivity index (χ4n) is 8.01. The standard InChI is InChI=1S/C38H43ClFN5O6S/c1-3-31-36-30(41-42(31)2)24-44(16-15-43-17-20-50-21-18-43)52(48,49)22-5-8-28-34-32(13-12-29(39)35(34)36)45(37(28)38(46)47)14-6-19-51-33-9-4-7-25-23-26(40)10-11-27(25)33/h4,7,9-13,23,28H,3,5-6,8,14-22,24H2,1-2H3/p+1. The molecule has 4 heterocycles. The van der Waals surface area contributed by atoms with Crippen molar-refractivity contribution in [2.24, 2.45) is 7.05 Å². The molecule has 276 valence electrons. The minimum atomic E-state index is -3.73. The summed E-state index contributed by atoms with van der Waals surface area (Å²) in [6.07, 6.45) is 1.69. The van der Waals surface area contributed by atoms with Gasteiger partial charge < -0.3 is 14.6 Å². The molecule has 0 saturated carbocycles. The molecule has 1 N–H and O–H groups in total. The van der Waals surface area contributed by atoms with Crippen LogP contribution in [0.1, 0.15) is 49.1 Å². The molecule has 3 aromatic carbocycles. The van der Waals surface area contributed by atoms with E-state index in [1.807, 2.05) is 42.8 Å². The maximum Gasteiger partial charge on any atom is 0.397 e. The Balaban J connectivity index is 1.25. The number of carbonyl (C=O) groups is 1. The van der Waals surface area contributed by atoms with Crippen molar-refractivity contribution in [1.29, 1.82) is 0 Å². The number of sulfonamides is 1. The zero-order valence-electron chi connectivity index (χ0n) is 29.5. The lowest BCUT2D eigenvalue weighted by Gasteiger charge is -2.29. The summed E-state index contributed by atoms with van der Waals surface area (Å²) in [5.41, 5.74) is 4.72. The van der Waals surface area contributed by atoms with Crippen molar-refractivity contribution < 1.29 is 36.8 Å². The van der Waals surface area contributed by atoms with E-state index in [1.54, 1.807) is 16.8 Å². The van der Waals surface area contributed by atoms with Crippen molar-refractivity contribution in [1.82, 2.24) is 19.0 Å². The van der Waals surface area contributed by atoms with Crippen LogP contribution in [0.25, 0.3) is 21.9 Å². The van der Waals surface area contributed by atoms with Gasteiger partial charge >= 0.3 is 5.97 Å². The molecular weight excluding hydrogens is 709 g/mol. The van der Waals surface area contributed by atoms with Crippen LogP contribution in [-0.4, -0.2) is 107 Å². The maximum absolute atomic E-state index is 14.0. The summed E-state index contributed by atoms with van der Waals surface area (Å²) in [5.74, 6) is -1.47. The summed E-state index contributed by atoms with van der Waals surface area (Å²) in [6.45, 7) is 6.37. The van der Waals surface area contributed by atoms with Crippen molar-refractivity contribution >= 4 is 49.8 Å². The SMILES string of the molecule is CCc1c2c(nn1C)CN(CCN1CCOCC1)S(=O)(=O)CCCC1C(C(=O)O)=[N+](CCCOc3cccc4cc(F)ccc34)c3ccc(Cl)c-2c31. The summed E-state index contributed by atoms with van der Waals surface area (Å²) in [7, 11) is -1.88. The molecule has 14 heteroatoms. The van der Waals surface area contributed by atoms with Crippen LogP contribution in [-0.2, 0) is 39.6 Å². The van der Waals surface area contributed by atoms with Gasteiger partial charge in [0.1, 0.15) is 11.6 Å². The number of carboxylic acids is 1. The molecule has 52 heavy (non-hydrogen) atoms. The van der Waals surface area contributed by atoms with Gasteiger partial charge in [0.25, 0.3) is 5.71 Å². The van der Waals surface area contributed by atoms with E-state index in [0.29, 0.717) is 75.2 Å². The Morgan fingerprint density at radius 2 is 1.94 bits per heavy atom. The highest BCUT2D eigenvalue weighted by atomic mass is 35.5. The Kier molecular flexibility index (Phi) is 10.7. The maximum atomic E-state index is 14.0. The second kappa shape index (κ2) is 15.2. The predicted molar refractivity (Wildman–Crippen MR) is 198 cm³/mol. The van der Waals surface area contributed by atoms with Crippen LogP contribution >= 0.6 is 11.6 Å². The molecule has 11 nitrogen and oxygen atoms in total. The van der Waals surface area contributed by atoms with Gasteiger partial charge in [-0.1, -0.05) is 30.7 Å². The average Bonchev–Trinajstić information content (AvgIpc) is 3.60. The highest BCUT2D eigenvalue weighted by molar-refractivity contribution is 7.89. The van der Waals surface area contributed by atoms with E-state index < -0.39 is 21.9 Å². The second-order valence-electron chi connectivity index (χ2n) is 13.6. The van der Waals surface area contributed by atoms with Gasteiger partial charge in [-0.3, -0.25) is 9.58 Å². The molecule has 1 aromatic heterocycles. The van der Waals surface area contributed by atoms with Crippen LogP contribution in [0.3, 0.4) is 0 Å². The van der Waals surface area contributed by atoms with E-state index in [4.69, 9.17) is 26.2 Å². The van der Waals surface area contributed by atoms with E-state index in [2.05, 4.69) is 4.90 Å². The second-order valence-corrected chi connectivity index (χ2v) is 16.1. The lowest BCUT2D eigenvalue weighted by molar-refractivity contribution is -0.438. The van der Waals surface area contributed by atoms with Crippen molar-refractivity contribution in [3.8, 4) is 16.9 Å². The molecule has 0 aliphatic carbocycles. The number of hydrogen-bond donors (Lipinski definition) is 1. The lowest BCUT2D eigenvalue weighted by atomic mass is 9.85. The zero-order chi connectivity index (χ0) is 36.6. The smallest absolute Gasteiger partial charge is 0.397 e. The first-order valence-corrected chi connectivity index (χ1v) is 19.9. The zero-order valence-corrected chi connectivity index (χ0v) is 31.1. The van der Waals surface area contributed by atoms with Crippen molar-refractivity contribution in [2.75, 3.05) is 58.3 Å². The van der Waals surface area contributed by atoms with Gasteiger partial charge in [0.05, 0.1) is 43.7 Å². The number of halogens is 2. The minimum absolute atomic E-state index is 0.0812. The van der Waals surface area contributed by atoms with Crippen molar-refractivity contribution in [3.05, 3.63) is 76.3 Å². The molecular formula is C38H44ClFN5O6S+. The van der Waals surface area contributed by atoms with Crippen LogP contribution < -0.4 is 4.74 Å². The molecule has 4 aromatic rings. The van der Waals surface area contributed by atoms with Crippen LogP contribution in [0.5, 0.6) is 5.75 Å². The topological polar surface area (TPSA) is 117 Å². The summed E-state index contributed by atoms with van der Waals surface area (Å²) in [5, 5.41) is 17.7. The minimum Gasteiger partial charge on any atom is -0.493 e. The largest absolute Gasteiger partial charge is 0.493 e. The van der Waals surface area contributed by atoms with Crippen LogP contribution in [0.15, 0.2) is 48.5 Å². The Bertz CT molecular complexity index is 2150. The van der Waals surface area contributed by atoms with E-state index in [9.17, 15) is 22.7 Å². The number of hydrogen-bond acceptors (Lipinski definition) is 7. The van der Waals surface area contributed by atoms with Gasteiger partial charge in [-0.2, -0.15) is 14.0 Å². The highest BCUT2D eigenvalue weighted by Gasteiger charge is 2.46. The Hall–Kier alpha value is -3.88. The molecule has 1 unspecified atom stereocenters. The number of rotatable bonds is 10. The van der Waals surface area contributed by atoms with Gasteiger partial charge in [-0.15, -0.1) is 0 Å². The number of aromatic nitrogens is 2. The molecule has 0 amide bonds. The Morgan fingerprint density at radius 1 is 1.13 bits per heavy atom. The van der Waals surface area contributed by atoms with Crippen LogP contribution in [0, 0.1) is 5.82 Å². The third-order valence-corrected chi connectivity index (χ3v) is 12.7. The molecule has 0 spiro atoms. The summed E-state index contributed by atoms with van der Waals surface area (Å²) in [6, 6.07) is 13.7. The fraction of sp³-hybridized carbons (Fsp3) is 0.447. The fourth-order valence-corrected chi connectivity index (χ4v) is 9.73. The normalized spacial score (nSPS) is 19.3. The van der Waals surface area contributed by atoms with E-state index >= 15 is 0 Å². The van der Waals surface area contributed by atoms with Gasteiger partial charge in [-0.25, -0.2) is 17.6 Å². The third-order valence-electron chi connectivity index (χ3n) is 10.4. The van der Waals surface area contributed by atoms with Gasteiger partial charge in [0.15, 0.2) is 6.54 Å². The number of carboxylic acid groups (broad SMARTS) is 1. The summed E-state index contributed by atoms with van der Waals surface area (Å²) < 4.78 is 58.7. The molecule has 0 radical (unpaired) electrons. The number of aliphatic carboxylic acids is 1. The molecule has 1 atom stereocenters. The molecule has 0 bridgehead atoms. The number of benzene rings is 3. The number of fused-ring (bicyclic) bond motifs is 3. The number of nitrogens with zero attached hydrogens (tertiary/aromatic N) is 5. The number of ether oxygens (including phenoxy) is 2. The van der Waals surface area contributed by atoms with E-state index in [-0.39, 0.29) is 30.2 Å². The van der Waals surface area contributed by atoms with Gasteiger partial charge in [-0.05, 0) is 55.0 Å². The van der Waals surface area contributed by atoms with Crippen molar-refractivity contribution in [3.63, 3.8) is 0 Å². The summed E-state index contributed by atoms with van der Waals surface area (Å²) >= 11 is 7.11. The third kappa shape index (κ3) is 7.08.